The van der Waals surface area contributed by atoms with E-state index in [1.165, 1.54) is 0 Å². The predicted molar refractivity (Wildman–Crippen MR) is 158 cm³/mol. The van der Waals surface area contributed by atoms with Crippen LogP contribution in [0.1, 0.15) is 36.8 Å². The number of pyridine rings is 1. The third-order valence-corrected chi connectivity index (χ3v) is 6.84. The van der Waals surface area contributed by atoms with Gasteiger partial charge in [0.15, 0.2) is 0 Å². The number of rotatable bonds is 5. The van der Waals surface area contributed by atoms with E-state index in [1.54, 1.807) is 57.5 Å². The van der Waals surface area contributed by atoms with Gasteiger partial charge in [-0.3, -0.25) is 15.1 Å². The number of carbonyl (C=O) groups excluding carboxylic acids is 2. The average Bonchev–Trinajstić information content (AvgIpc) is 3.43. The van der Waals surface area contributed by atoms with Crippen LogP contribution in [0.25, 0.3) is 22.1 Å². The molecule has 5 rings (SSSR count). The van der Waals surface area contributed by atoms with Crippen molar-refractivity contribution in [3.63, 3.8) is 0 Å². The smallest absolute Gasteiger partial charge is 0.412 e. The van der Waals surface area contributed by atoms with Gasteiger partial charge in [-0.2, -0.15) is 0 Å². The Hall–Kier alpha value is -4.37. The molecule has 2 N–H and O–H groups in total. The Bertz CT molecular complexity index is 1530. The standard InChI is InChI=1S/C31H35N5O4/c1-20-15-25(34-30(38)40-31(2,3)4)26(18-24(20)28-7-6-14-39-28)33-29(37)27-17-21-8-9-23(16-22(21)19-32-27)36-12-10-35(5)11-13-36/h6-9,14-19H,10-13H2,1-5H3,(H,33,37)(H,34,38). The Morgan fingerprint density at radius 2 is 1.70 bits per heavy atom. The molecule has 0 spiro atoms. The van der Waals surface area contributed by atoms with Crippen LogP contribution in [0.15, 0.2) is 65.4 Å². The predicted octanol–water partition coefficient (Wildman–Crippen LogP) is 6.15. The third kappa shape index (κ3) is 6.26. The number of amides is 2. The Morgan fingerprint density at radius 1 is 0.950 bits per heavy atom. The largest absolute Gasteiger partial charge is 0.464 e. The van der Waals surface area contributed by atoms with E-state index >= 15 is 0 Å². The van der Waals surface area contributed by atoms with Gasteiger partial charge in [-0.25, -0.2) is 4.79 Å². The first-order valence-electron chi connectivity index (χ1n) is 13.4. The molecule has 1 saturated heterocycles. The van der Waals surface area contributed by atoms with Gasteiger partial charge in [-0.15, -0.1) is 0 Å². The SMILES string of the molecule is Cc1cc(NC(=O)OC(C)(C)C)c(NC(=O)c2cc3ccc(N4CCN(C)CC4)cc3cn2)cc1-c1ccco1. The molecular weight excluding hydrogens is 506 g/mol. The topological polar surface area (TPSA) is 99.9 Å². The Morgan fingerprint density at radius 3 is 2.40 bits per heavy atom. The van der Waals surface area contributed by atoms with Gasteiger partial charge in [0.05, 0.1) is 17.6 Å². The maximum absolute atomic E-state index is 13.4. The van der Waals surface area contributed by atoms with Gasteiger partial charge in [-0.1, -0.05) is 6.07 Å². The van der Waals surface area contributed by atoms with E-state index in [0.29, 0.717) is 17.1 Å². The number of nitrogens with zero attached hydrogens (tertiary/aromatic N) is 3. The molecule has 0 bridgehead atoms. The van der Waals surface area contributed by atoms with Gasteiger partial charge in [0.2, 0.25) is 0 Å². The van der Waals surface area contributed by atoms with Crippen LogP contribution in [0.4, 0.5) is 21.9 Å². The van der Waals surface area contributed by atoms with E-state index in [0.717, 1.165) is 53.8 Å². The van der Waals surface area contributed by atoms with Crippen LogP contribution in [0, 0.1) is 6.92 Å². The number of aromatic nitrogens is 1. The average molecular weight is 542 g/mol. The fraction of sp³-hybridized carbons (Fsp3) is 0.323. The zero-order valence-corrected chi connectivity index (χ0v) is 23.6. The van der Waals surface area contributed by atoms with E-state index < -0.39 is 17.6 Å². The van der Waals surface area contributed by atoms with Gasteiger partial charge >= 0.3 is 6.09 Å². The number of fused-ring (bicyclic) bond motifs is 1. The number of furan rings is 1. The van der Waals surface area contributed by atoms with Crippen molar-refractivity contribution >= 4 is 39.8 Å². The molecule has 3 heterocycles. The van der Waals surface area contributed by atoms with Crippen molar-refractivity contribution in [3.8, 4) is 11.3 Å². The molecule has 2 aromatic carbocycles. The van der Waals surface area contributed by atoms with Crippen LogP contribution < -0.4 is 15.5 Å². The van der Waals surface area contributed by atoms with Crippen LogP contribution in [-0.2, 0) is 4.74 Å². The van der Waals surface area contributed by atoms with Crippen molar-refractivity contribution in [1.29, 1.82) is 0 Å². The summed E-state index contributed by atoms with van der Waals surface area (Å²) in [5, 5.41) is 7.59. The Kier molecular flexibility index (Phi) is 7.49. The van der Waals surface area contributed by atoms with Crippen LogP contribution in [-0.4, -0.2) is 60.7 Å². The first-order chi connectivity index (χ1) is 19.1. The minimum atomic E-state index is -0.671. The monoisotopic (exact) mass is 541 g/mol. The molecular formula is C31H35N5O4. The van der Waals surface area contributed by atoms with E-state index in [1.807, 2.05) is 19.1 Å². The van der Waals surface area contributed by atoms with Gasteiger partial charge < -0.3 is 24.3 Å². The van der Waals surface area contributed by atoms with Gasteiger partial charge in [-0.05, 0) is 88.2 Å². The Balaban J connectivity index is 1.41. The lowest BCUT2D eigenvalue weighted by Crippen LogP contribution is -2.44. The van der Waals surface area contributed by atoms with Crippen LogP contribution in [0.3, 0.4) is 0 Å². The van der Waals surface area contributed by atoms with Crippen LogP contribution in [0.5, 0.6) is 0 Å². The molecule has 1 fully saturated rings. The fourth-order valence-electron chi connectivity index (χ4n) is 4.73. The highest BCUT2D eigenvalue weighted by atomic mass is 16.6. The second-order valence-corrected chi connectivity index (χ2v) is 11.2. The van der Waals surface area contributed by atoms with E-state index in [-0.39, 0.29) is 5.69 Å². The number of piperazine rings is 1. The van der Waals surface area contributed by atoms with Crippen molar-refractivity contribution in [3.05, 3.63) is 72.2 Å². The third-order valence-electron chi connectivity index (χ3n) is 6.84. The van der Waals surface area contributed by atoms with Crippen molar-refractivity contribution in [1.82, 2.24) is 9.88 Å². The first-order valence-corrected chi connectivity index (χ1v) is 13.4. The number of aryl methyl sites for hydroxylation is 1. The molecule has 2 amide bonds. The highest BCUT2D eigenvalue weighted by Gasteiger charge is 2.21. The molecule has 0 atom stereocenters. The van der Waals surface area contributed by atoms with Gasteiger partial charge in [0.1, 0.15) is 17.1 Å². The molecule has 4 aromatic rings. The van der Waals surface area contributed by atoms with Crippen LogP contribution in [0.2, 0.25) is 0 Å². The van der Waals surface area contributed by atoms with Crippen molar-refractivity contribution < 1.29 is 18.7 Å². The number of hydrogen-bond donors (Lipinski definition) is 2. The van der Waals surface area contributed by atoms with Crippen molar-refractivity contribution in [2.75, 3.05) is 48.8 Å². The summed E-state index contributed by atoms with van der Waals surface area (Å²) in [5.41, 5.74) is 3.21. The summed E-state index contributed by atoms with van der Waals surface area (Å²) < 4.78 is 11.0. The first kappa shape index (κ1) is 27.2. The summed E-state index contributed by atoms with van der Waals surface area (Å²) in [6.45, 7) is 11.3. The van der Waals surface area contributed by atoms with Gasteiger partial charge in [0, 0.05) is 49.0 Å². The summed E-state index contributed by atoms with van der Waals surface area (Å²) in [7, 11) is 2.14. The number of benzene rings is 2. The molecule has 0 radical (unpaired) electrons. The normalized spacial score (nSPS) is 14.3. The number of carbonyl (C=O) groups is 2. The molecule has 1 aliphatic heterocycles. The van der Waals surface area contributed by atoms with E-state index in [9.17, 15) is 9.59 Å². The molecule has 40 heavy (non-hydrogen) atoms. The lowest BCUT2D eigenvalue weighted by molar-refractivity contribution is 0.0635. The minimum absolute atomic E-state index is 0.267. The van der Waals surface area contributed by atoms with Crippen molar-refractivity contribution in [2.45, 2.75) is 33.3 Å². The number of likely N-dealkylation sites (N-methyl/N-ethyl adjacent to an activating group) is 1. The summed E-state index contributed by atoms with van der Waals surface area (Å²) in [6, 6.07) is 15.2. The number of nitrogens with one attached hydrogen (secondary N) is 2. The quantitative estimate of drug-likeness (QED) is 0.312. The molecule has 0 saturated carbocycles. The number of ether oxygens (including phenoxy) is 1. The van der Waals surface area contributed by atoms with Crippen LogP contribution >= 0.6 is 0 Å². The summed E-state index contributed by atoms with van der Waals surface area (Å²) in [5.74, 6) is 0.253. The second kappa shape index (κ2) is 11.0. The lowest BCUT2D eigenvalue weighted by atomic mass is 10.0. The van der Waals surface area contributed by atoms with Crippen molar-refractivity contribution in [2.24, 2.45) is 0 Å². The summed E-state index contributed by atoms with van der Waals surface area (Å²) in [4.78, 5) is 35.1. The lowest BCUT2D eigenvalue weighted by Gasteiger charge is -2.34. The molecule has 9 nitrogen and oxygen atoms in total. The number of hydrogen-bond acceptors (Lipinski definition) is 7. The molecule has 208 valence electrons. The van der Waals surface area contributed by atoms with E-state index in [2.05, 4.69) is 44.6 Å². The fourth-order valence-corrected chi connectivity index (χ4v) is 4.73. The molecule has 1 aliphatic rings. The molecule has 0 aliphatic carbocycles. The Labute approximate surface area is 234 Å². The highest BCUT2D eigenvalue weighted by molar-refractivity contribution is 6.08. The minimum Gasteiger partial charge on any atom is -0.464 e. The summed E-state index contributed by atoms with van der Waals surface area (Å²) in [6.07, 6.45) is 2.70. The second-order valence-electron chi connectivity index (χ2n) is 11.2. The summed E-state index contributed by atoms with van der Waals surface area (Å²) >= 11 is 0. The molecule has 2 aromatic heterocycles. The molecule has 9 heteroatoms. The van der Waals surface area contributed by atoms with E-state index in [4.69, 9.17) is 9.15 Å². The maximum atomic E-state index is 13.4. The van der Waals surface area contributed by atoms with Gasteiger partial charge in [0.25, 0.3) is 5.91 Å². The number of anilines is 3. The maximum Gasteiger partial charge on any atom is 0.412 e. The molecule has 0 unspecified atom stereocenters. The zero-order valence-electron chi connectivity index (χ0n) is 23.6. The zero-order chi connectivity index (χ0) is 28.4. The highest BCUT2D eigenvalue weighted by Crippen LogP contribution is 2.34.